The fourth-order valence-electron chi connectivity index (χ4n) is 5.37. The van der Waals surface area contributed by atoms with E-state index in [-0.39, 0.29) is 11.9 Å². The first-order valence-electron chi connectivity index (χ1n) is 17.2. The molecule has 1 aliphatic rings. The lowest BCUT2D eigenvalue weighted by Crippen LogP contribution is -2.44. The lowest BCUT2D eigenvalue weighted by molar-refractivity contribution is 0.0254. The largest absolute Gasteiger partial charge is 0.489 e. The van der Waals surface area contributed by atoms with Gasteiger partial charge >= 0.3 is 12.2 Å². The molecule has 12 nitrogen and oxygen atoms in total. The number of hydrogen-bond donors (Lipinski definition) is 0. The Balaban J connectivity index is 1.65. The van der Waals surface area contributed by atoms with Crippen LogP contribution in [0.5, 0.6) is 5.75 Å². The standard InChI is InChI=1S/C40H44N6O6S/c1-9-11-12-29(10-2)53-46-33(32-24-42-25-35(44-32)45(37(47)51-39(3,4)5)38(48)52-40(6,7)8)22-31-30(15-18-43-36(31)46)26-13-14-34(27(21-26)23-41)50-28-16-19-49-20-17-28/h9-15,18,21-22,24-25,28H,1,16-17,19-20H2,2-8H3/b12-11-,29-10+. The zero-order valence-electron chi connectivity index (χ0n) is 31.1. The molecule has 0 N–H and O–H groups in total. The number of benzene rings is 1. The van der Waals surface area contributed by atoms with E-state index in [1.54, 1.807) is 60.0 Å². The van der Waals surface area contributed by atoms with Gasteiger partial charge in [0.15, 0.2) is 11.5 Å². The van der Waals surface area contributed by atoms with Gasteiger partial charge in [-0.1, -0.05) is 30.9 Å². The molecular weight excluding hydrogens is 693 g/mol. The summed E-state index contributed by atoms with van der Waals surface area (Å²) in [5, 5.41) is 10.9. The molecule has 4 heterocycles. The fraction of sp³-hybridized carbons (Fsp3) is 0.350. The number of nitriles is 1. The summed E-state index contributed by atoms with van der Waals surface area (Å²) >= 11 is 1.40. The number of anilines is 1. The van der Waals surface area contributed by atoms with Gasteiger partial charge in [-0.25, -0.2) is 19.6 Å². The van der Waals surface area contributed by atoms with Crippen molar-refractivity contribution in [1.29, 1.82) is 5.26 Å². The lowest BCUT2D eigenvalue weighted by Gasteiger charge is -2.28. The van der Waals surface area contributed by atoms with E-state index in [9.17, 15) is 14.9 Å². The Morgan fingerprint density at radius 2 is 1.75 bits per heavy atom. The number of fused-ring (bicyclic) bond motifs is 1. The quantitative estimate of drug-likeness (QED) is 0.152. The van der Waals surface area contributed by atoms with Gasteiger partial charge in [-0.2, -0.15) is 10.2 Å². The second-order valence-corrected chi connectivity index (χ2v) is 15.1. The summed E-state index contributed by atoms with van der Waals surface area (Å²) in [5.74, 6) is 0.443. The average Bonchev–Trinajstić information content (AvgIpc) is 3.47. The molecule has 1 saturated heterocycles. The topological polar surface area (TPSA) is 142 Å². The number of allylic oxidation sites excluding steroid dienone is 4. The zero-order valence-corrected chi connectivity index (χ0v) is 31.9. The van der Waals surface area contributed by atoms with Crippen LogP contribution in [-0.4, -0.2) is 61.6 Å². The molecule has 276 valence electrons. The molecule has 1 aliphatic heterocycles. The van der Waals surface area contributed by atoms with Gasteiger partial charge in [0.1, 0.15) is 34.8 Å². The number of imide groups is 1. The van der Waals surface area contributed by atoms with Crippen LogP contribution in [0.15, 0.2) is 84.7 Å². The minimum atomic E-state index is -0.958. The summed E-state index contributed by atoms with van der Waals surface area (Å²) in [4.78, 5) is 42.5. The van der Waals surface area contributed by atoms with Crippen molar-refractivity contribution in [3.05, 3.63) is 90.3 Å². The maximum absolute atomic E-state index is 13.5. The molecule has 53 heavy (non-hydrogen) atoms. The first-order valence-corrected chi connectivity index (χ1v) is 18.0. The van der Waals surface area contributed by atoms with E-state index >= 15 is 0 Å². The van der Waals surface area contributed by atoms with Gasteiger partial charge in [-0.15, -0.1) is 0 Å². The molecule has 5 rings (SSSR count). The third kappa shape index (κ3) is 9.71. The van der Waals surface area contributed by atoms with Crippen LogP contribution in [-0.2, 0) is 14.2 Å². The molecule has 0 saturated carbocycles. The third-order valence-electron chi connectivity index (χ3n) is 7.68. The van der Waals surface area contributed by atoms with Gasteiger partial charge in [-0.3, -0.25) is 8.96 Å². The van der Waals surface area contributed by atoms with Crippen LogP contribution in [0.25, 0.3) is 33.5 Å². The summed E-state index contributed by atoms with van der Waals surface area (Å²) < 4.78 is 24.8. The van der Waals surface area contributed by atoms with E-state index in [0.717, 1.165) is 39.2 Å². The molecule has 4 aromatic rings. The van der Waals surface area contributed by atoms with E-state index in [2.05, 4.69) is 17.6 Å². The molecule has 1 fully saturated rings. The normalized spacial score (nSPS) is 14.2. The van der Waals surface area contributed by atoms with Crippen LogP contribution in [0.4, 0.5) is 15.4 Å². The van der Waals surface area contributed by atoms with Gasteiger partial charge in [0.2, 0.25) is 0 Å². The SMILES string of the molecule is C=C/C=C\C(=C/C)Sn1c(-c2cncc(N(C(=O)OC(C)(C)C)C(=O)OC(C)(C)C)n2)cc2c(-c3ccc(OC4CCOCC4)c(C#N)c3)ccnc21. The molecule has 3 aromatic heterocycles. The maximum atomic E-state index is 13.5. The van der Waals surface area contributed by atoms with Crippen molar-refractivity contribution < 1.29 is 28.5 Å². The van der Waals surface area contributed by atoms with Crippen molar-refractivity contribution >= 4 is 41.0 Å². The number of aromatic nitrogens is 4. The zero-order chi connectivity index (χ0) is 38.3. The van der Waals surface area contributed by atoms with Crippen LogP contribution in [0.1, 0.15) is 66.9 Å². The minimum absolute atomic E-state index is 0.0164. The summed E-state index contributed by atoms with van der Waals surface area (Å²) in [7, 11) is 0. The fourth-order valence-corrected chi connectivity index (χ4v) is 6.30. The van der Waals surface area contributed by atoms with Gasteiger partial charge in [0.05, 0.1) is 36.9 Å². The number of carbonyl (C=O) groups is 2. The number of ether oxygens (including phenoxy) is 4. The van der Waals surface area contributed by atoms with E-state index in [1.165, 1.54) is 18.1 Å². The first-order chi connectivity index (χ1) is 25.2. The monoisotopic (exact) mass is 736 g/mol. The van der Waals surface area contributed by atoms with Crippen LogP contribution in [0, 0.1) is 11.3 Å². The van der Waals surface area contributed by atoms with Gasteiger partial charge in [0.25, 0.3) is 0 Å². The molecule has 1 aromatic carbocycles. The molecule has 2 amide bonds. The molecule has 0 radical (unpaired) electrons. The van der Waals surface area contributed by atoms with Crippen molar-refractivity contribution in [1.82, 2.24) is 18.9 Å². The van der Waals surface area contributed by atoms with Gasteiger partial charge < -0.3 is 18.9 Å². The number of carbonyl (C=O) groups excluding carboxylic acids is 2. The summed E-state index contributed by atoms with van der Waals surface area (Å²) in [5.41, 5.74) is 1.75. The van der Waals surface area contributed by atoms with Crippen LogP contribution in [0.3, 0.4) is 0 Å². The smallest absolute Gasteiger partial charge is 0.425 e. The Hall–Kier alpha value is -5.45. The van der Waals surface area contributed by atoms with Crippen molar-refractivity contribution in [3.63, 3.8) is 0 Å². The molecule has 13 heteroatoms. The van der Waals surface area contributed by atoms with E-state index < -0.39 is 23.4 Å². The highest BCUT2D eigenvalue weighted by molar-refractivity contribution is 8.02. The van der Waals surface area contributed by atoms with E-state index in [1.807, 2.05) is 59.5 Å². The van der Waals surface area contributed by atoms with Crippen molar-refractivity contribution in [2.24, 2.45) is 0 Å². The second kappa shape index (κ2) is 16.5. The summed E-state index contributed by atoms with van der Waals surface area (Å²) in [6.07, 6.45) is 11.5. The van der Waals surface area contributed by atoms with E-state index in [0.29, 0.717) is 41.6 Å². The maximum Gasteiger partial charge on any atom is 0.425 e. The predicted molar refractivity (Wildman–Crippen MR) is 206 cm³/mol. The minimum Gasteiger partial charge on any atom is -0.489 e. The number of rotatable bonds is 9. The molecule has 0 spiro atoms. The Labute approximate surface area is 314 Å². The molecule has 0 unspecified atom stereocenters. The van der Waals surface area contributed by atoms with Gasteiger partial charge in [-0.05, 0) is 102 Å². The Morgan fingerprint density at radius 1 is 1.06 bits per heavy atom. The number of amides is 2. The van der Waals surface area contributed by atoms with Crippen molar-refractivity contribution in [2.75, 3.05) is 18.1 Å². The number of pyridine rings is 1. The highest BCUT2D eigenvalue weighted by atomic mass is 32.2. The molecule has 0 atom stereocenters. The highest BCUT2D eigenvalue weighted by Gasteiger charge is 2.34. The molecule has 0 aliphatic carbocycles. The Kier molecular flexibility index (Phi) is 12.1. The van der Waals surface area contributed by atoms with Crippen LogP contribution >= 0.6 is 11.9 Å². The highest BCUT2D eigenvalue weighted by Crippen LogP contribution is 2.39. The van der Waals surface area contributed by atoms with Gasteiger partial charge in [0, 0.05) is 29.3 Å². The van der Waals surface area contributed by atoms with E-state index in [4.69, 9.17) is 28.9 Å². The van der Waals surface area contributed by atoms with Crippen LogP contribution < -0.4 is 9.64 Å². The third-order valence-corrected chi connectivity index (χ3v) is 8.81. The number of nitrogens with zero attached hydrogens (tertiary/aromatic N) is 6. The Bertz CT molecular complexity index is 2070. The summed E-state index contributed by atoms with van der Waals surface area (Å²) in [6.45, 7) is 17.2. The predicted octanol–water partition coefficient (Wildman–Crippen LogP) is 9.41. The molecule has 0 bridgehead atoms. The summed E-state index contributed by atoms with van der Waals surface area (Å²) in [6, 6.07) is 11.7. The first kappa shape index (κ1) is 38.8. The Morgan fingerprint density at radius 3 is 2.38 bits per heavy atom. The van der Waals surface area contributed by atoms with Crippen molar-refractivity contribution in [3.8, 4) is 34.3 Å². The van der Waals surface area contributed by atoms with Crippen LogP contribution in [0.2, 0.25) is 0 Å². The average molecular weight is 737 g/mol. The number of hydrogen-bond acceptors (Lipinski definition) is 11. The second-order valence-electron chi connectivity index (χ2n) is 14.1. The lowest BCUT2D eigenvalue weighted by atomic mass is 10.0. The molecular formula is C40H44N6O6S. The van der Waals surface area contributed by atoms with Crippen molar-refractivity contribution in [2.45, 2.75) is 78.6 Å².